The number of likely N-dealkylation sites (tertiary alicyclic amines) is 1. The Morgan fingerprint density at radius 1 is 0.857 bits per heavy atom. The van der Waals surface area contributed by atoms with E-state index in [0.29, 0.717) is 22.4 Å². The van der Waals surface area contributed by atoms with E-state index >= 15 is 0 Å². The predicted molar refractivity (Wildman–Crippen MR) is 107 cm³/mol. The fourth-order valence-corrected chi connectivity index (χ4v) is 3.27. The fourth-order valence-electron chi connectivity index (χ4n) is 3.27. The van der Waals surface area contributed by atoms with Crippen LogP contribution in [0.5, 0.6) is 0 Å². The fraction of sp³-hybridized carbons (Fsp3) is 0.318. The molecule has 1 N–H and O–H groups in total. The lowest BCUT2D eigenvalue weighted by molar-refractivity contribution is 0.0600. The second-order valence-corrected chi connectivity index (χ2v) is 6.81. The van der Waals surface area contributed by atoms with Gasteiger partial charge in [0.25, 0.3) is 11.8 Å². The Labute approximate surface area is 164 Å². The number of amides is 2. The number of hydrogen-bond acceptors (Lipinski definition) is 4. The summed E-state index contributed by atoms with van der Waals surface area (Å²) in [6, 6.07) is 13.2. The van der Waals surface area contributed by atoms with Crippen LogP contribution in [-0.4, -0.2) is 42.9 Å². The van der Waals surface area contributed by atoms with Gasteiger partial charge in [-0.2, -0.15) is 0 Å². The lowest BCUT2D eigenvalue weighted by Gasteiger charge is -2.20. The number of methoxy groups -OCH3 is 1. The van der Waals surface area contributed by atoms with Crippen molar-refractivity contribution in [3.8, 4) is 0 Å². The van der Waals surface area contributed by atoms with Gasteiger partial charge in [-0.05, 0) is 55.3 Å². The van der Waals surface area contributed by atoms with E-state index in [2.05, 4.69) is 10.1 Å². The molecule has 0 saturated carbocycles. The van der Waals surface area contributed by atoms with Crippen LogP contribution >= 0.6 is 0 Å². The first-order valence-electron chi connectivity index (χ1n) is 9.47. The molecule has 0 unspecified atom stereocenters. The number of rotatable bonds is 4. The smallest absolute Gasteiger partial charge is 0.337 e. The highest BCUT2D eigenvalue weighted by Crippen LogP contribution is 2.17. The molecule has 146 valence electrons. The maximum absolute atomic E-state index is 12.8. The van der Waals surface area contributed by atoms with Gasteiger partial charge in [-0.15, -0.1) is 0 Å². The minimum Gasteiger partial charge on any atom is -0.465 e. The Hall–Kier alpha value is -3.15. The Balaban J connectivity index is 1.69. The average molecular weight is 380 g/mol. The summed E-state index contributed by atoms with van der Waals surface area (Å²) in [5.41, 5.74) is 1.92. The van der Waals surface area contributed by atoms with Crippen LogP contribution < -0.4 is 5.32 Å². The first kappa shape index (κ1) is 19.6. The van der Waals surface area contributed by atoms with Crippen molar-refractivity contribution in [2.45, 2.75) is 25.7 Å². The van der Waals surface area contributed by atoms with Crippen LogP contribution in [0.4, 0.5) is 5.69 Å². The molecule has 1 heterocycles. The monoisotopic (exact) mass is 380 g/mol. The average Bonchev–Trinajstić information content (AvgIpc) is 3.02. The van der Waals surface area contributed by atoms with Crippen molar-refractivity contribution in [3.63, 3.8) is 0 Å². The lowest BCUT2D eigenvalue weighted by Crippen LogP contribution is -2.31. The van der Waals surface area contributed by atoms with Gasteiger partial charge in [-0.1, -0.05) is 18.9 Å². The van der Waals surface area contributed by atoms with Crippen molar-refractivity contribution >= 4 is 23.5 Å². The maximum atomic E-state index is 12.8. The van der Waals surface area contributed by atoms with Gasteiger partial charge in [0.05, 0.1) is 12.7 Å². The molecule has 0 aromatic heterocycles. The van der Waals surface area contributed by atoms with Crippen LogP contribution in [0.1, 0.15) is 56.8 Å². The van der Waals surface area contributed by atoms with Crippen molar-refractivity contribution < 1.29 is 19.1 Å². The molecule has 28 heavy (non-hydrogen) atoms. The molecule has 2 amide bonds. The Morgan fingerprint density at radius 2 is 1.50 bits per heavy atom. The zero-order valence-corrected chi connectivity index (χ0v) is 15.9. The normalized spacial score (nSPS) is 14.1. The molecule has 1 fully saturated rings. The van der Waals surface area contributed by atoms with Gasteiger partial charge in [-0.25, -0.2) is 4.79 Å². The topological polar surface area (TPSA) is 75.7 Å². The molecule has 6 nitrogen and oxygen atoms in total. The number of esters is 1. The Bertz CT molecular complexity index is 853. The van der Waals surface area contributed by atoms with Gasteiger partial charge in [-0.3, -0.25) is 9.59 Å². The van der Waals surface area contributed by atoms with E-state index in [1.165, 1.54) is 7.11 Å². The van der Waals surface area contributed by atoms with Gasteiger partial charge in [0.1, 0.15) is 0 Å². The lowest BCUT2D eigenvalue weighted by atomic mass is 10.1. The molecule has 1 saturated heterocycles. The number of carbonyl (C=O) groups is 3. The third-order valence-electron chi connectivity index (χ3n) is 4.83. The van der Waals surface area contributed by atoms with Gasteiger partial charge in [0.15, 0.2) is 0 Å². The predicted octanol–water partition coefficient (Wildman–Crippen LogP) is 3.74. The maximum Gasteiger partial charge on any atom is 0.337 e. The molecule has 6 heteroatoms. The Kier molecular flexibility index (Phi) is 6.42. The molecule has 0 bridgehead atoms. The van der Waals surface area contributed by atoms with Crippen molar-refractivity contribution in [2.24, 2.45) is 0 Å². The molecular formula is C22H24N2O4. The quantitative estimate of drug-likeness (QED) is 0.820. The van der Waals surface area contributed by atoms with E-state index in [4.69, 9.17) is 0 Å². The van der Waals surface area contributed by atoms with E-state index in [0.717, 1.165) is 38.8 Å². The summed E-state index contributed by atoms with van der Waals surface area (Å²) in [6.07, 6.45) is 4.39. The van der Waals surface area contributed by atoms with Crippen LogP contribution in [0, 0.1) is 0 Å². The highest BCUT2D eigenvalue weighted by Gasteiger charge is 2.18. The standard InChI is InChI=1S/C22H24N2O4/c1-28-22(27)17-11-9-16(10-12-17)20(25)23-19-8-6-7-18(15-19)21(26)24-13-4-2-3-5-14-24/h6-12,15H,2-5,13-14H2,1H3,(H,23,25). The molecule has 0 atom stereocenters. The van der Waals surface area contributed by atoms with Crippen molar-refractivity contribution in [3.05, 3.63) is 65.2 Å². The highest BCUT2D eigenvalue weighted by molar-refractivity contribution is 6.05. The molecule has 0 aliphatic carbocycles. The molecule has 1 aliphatic rings. The minimum absolute atomic E-state index is 0.000398. The number of nitrogens with zero attached hydrogens (tertiary/aromatic N) is 1. The molecular weight excluding hydrogens is 356 g/mol. The van der Waals surface area contributed by atoms with Gasteiger partial charge < -0.3 is 15.0 Å². The van der Waals surface area contributed by atoms with E-state index < -0.39 is 5.97 Å². The van der Waals surface area contributed by atoms with Crippen molar-refractivity contribution in [2.75, 3.05) is 25.5 Å². The largest absolute Gasteiger partial charge is 0.465 e. The van der Waals surface area contributed by atoms with Crippen LogP contribution in [0.15, 0.2) is 48.5 Å². The summed E-state index contributed by atoms with van der Waals surface area (Å²) >= 11 is 0. The summed E-state index contributed by atoms with van der Waals surface area (Å²) in [6.45, 7) is 1.56. The van der Waals surface area contributed by atoms with Gasteiger partial charge >= 0.3 is 5.97 Å². The molecule has 3 rings (SSSR count). The molecule has 0 spiro atoms. The zero-order chi connectivity index (χ0) is 19.9. The van der Waals surface area contributed by atoms with Gasteiger partial charge in [0, 0.05) is 29.9 Å². The molecule has 1 aliphatic heterocycles. The minimum atomic E-state index is -0.452. The summed E-state index contributed by atoms with van der Waals surface area (Å²) in [4.78, 5) is 38.6. The molecule has 0 radical (unpaired) electrons. The van der Waals surface area contributed by atoms with E-state index in [9.17, 15) is 14.4 Å². The van der Waals surface area contributed by atoms with E-state index in [1.54, 1.807) is 48.5 Å². The SMILES string of the molecule is COC(=O)c1ccc(C(=O)Nc2cccc(C(=O)N3CCCCCC3)c2)cc1. The second kappa shape index (κ2) is 9.17. The van der Waals surface area contributed by atoms with Crippen LogP contribution in [0.3, 0.4) is 0 Å². The van der Waals surface area contributed by atoms with Crippen LogP contribution in [0.25, 0.3) is 0 Å². The number of ether oxygens (including phenoxy) is 1. The third-order valence-corrected chi connectivity index (χ3v) is 4.83. The third kappa shape index (κ3) is 4.76. The second-order valence-electron chi connectivity index (χ2n) is 6.81. The summed E-state index contributed by atoms with van der Waals surface area (Å²) in [5.74, 6) is -0.761. The van der Waals surface area contributed by atoms with Crippen molar-refractivity contribution in [1.29, 1.82) is 0 Å². The van der Waals surface area contributed by atoms with Crippen LogP contribution in [-0.2, 0) is 4.74 Å². The number of nitrogens with one attached hydrogen (secondary N) is 1. The number of carbonyl (C=O) groups excluding carboxylic acids is 3. The molecule has 2 aromatic rings. The van der Waals surface area contributed by atoms with Crippen molar-refractivity contribution in [1.82, 2.24) is 4.90 Å². The first-order valence-corrected chi connectivity index (χ1v) is 9.47. The van der Waals surface area contributed by atoms with E-state index in [1.807, 2.05) is 4.90 Å². The number of benzene rings is 2. The zero-order valence-electron chi connectivity index (χ0n) is 15.9. The number of anilines is 1. The van der Waals surface area contributed by atoms with E-state index in [-0.39, 0.29) is 11.8 Å². The summed E-state index contributed by atoms with van der Waals surface area (Å²) < 4.78 is 4.65. The summed E-state index contributed by atoms with van der Waals surface area (Å²) in [7, 11) is 1.31. The number of hydrogen-bond donors (Lipinski definition) is 1. The highest BCUT2D eigenvalue weighted by atomic mass is 16.5. The first-order chi connectivity index (χ1) is 13.6. The molecule has 2 aromatic carbocycles. The Morgan fingerprint density at radius 3 is 2.14 bits per heavy atom. The summed E-state index contributed by atoms with van der Waals surface area (Å²) in [5, 5.41) is 2.81. The van der Waals surface area contributed by atoms with Gasteiger partial charge in [0.2, 0.25) is 0 Å². The van der Waals surface area contributed by atoms with Crippen LogP contribution in [0.2, 0.25) is 0 Å².